The van der Waals surface area contributed by atoms with Crippen LogP contribution in [0.2, 0.25) is 0 Å². The van der Waals surface area contributed by atoms with Crippen molar-refractivity contribution in [3.8, 4) is 0 Å². The Morgan fingerprint density at radius 2 is 0.621 bits per heavy atom. The molecule has 0 amide bonds. The van der Waals surface area contributed by atoms with Crippen molar-refractivity contribution < 1.29 is 4.74 Å². The molecule has 0 atom stereocenters. The second kappa shape index (κ2) is 35.6. The minimum atomic E-state index is 0. The van der Waals surface area contributed by atoms with Crippen molar-refractivity contribution in [2.75, 3.05) is 27.3 Å². The highest BCUT2D eigenvalue weighted by molar-refractivity contribution is 5.85. The van der Waals surface area contributed by atoms with Gasteiger partial charge >= 0.3 is 0 Å². The molecular formula is C26H58ClNO. The summed E-state index contributed by atoms with van der Waals surface area (Å²) in [6.07, 6.45) is 28.2. The second-order valence-electron chi connectivity index (χ2n) is 8.48. The summed E-state index contributed by atoms with van der Waals surface area (Å²) < 4.78 is 5.78. The maximum atomic E-state index is 5.78. The fraction of sp³-hybridized carbons (Fsp3) is 1.00. The SMILES string of the molecule is CCCCCCCCCCCCOCCCCCCCCCCCC.CNC.Cl. The predicted octanol–water partition coefficient (Wildman–Crippen LogP) is 9.10. The van der Waals surface area contributed by atoms with Gasteiger partial charge in [0.05, 0.1) is 0 Å². The van der Waals surface area contributed by atoms with Crippen LogP contribution in [0.4, 0.5) is 0 Å². The van der Waals surface area contributed by atoms with Gasteiger partial charge in [0.2, 0.25) is 0 Å². The van der Waals surface area contributed by atoms with Crippen molar-refractivity contribution in [2.24, 2.45) is 0 Å². The topological polar surface area (TPSA) is 21.3 Å². The van der Waals surface area contributed by atoms with E-state index in [0.717, 1.165) is 13.2 Å². The molecule has 0 radical (unpaired) electrons. The molecule has 0 spiro atoms. The zero-order valence-electron chi connectivity index (χ0n) is 20.9. The molecule has 0 heterocycles. The molecule has 2 nitrogen and oxygen atoms in total. The van der Waals surface area contributed by atoms with Crippen molar-refractivity contribution in [2.45, 2.75) is 142 Å². The molecule has 0 aliphatic rings. The fourth-order valence-corrected chi connectivity index (χ4v) is 3.49. The average molecular weight is 436 g/mol. The van der Waals surface area contributed by atoms with Crippen LogP contribution in [0.15, 0.2) is 0 Å². The van der Waals surface area contributed by atoms with Crippen LogP contribution in [0.5, 0.6) is 0 Å². The molecule has 0 fully saturated rings. The highest BCUT2D eigenvalue weighted by atomic mass is 35.5. The van der Waals surface area contributed by atoms with E-state index in [1.165, 1.54) is 128 Å². The molecule has 3 heteroatoms. The first-order valence-electron chi connectivity index (χ1n) is 13.0. The lowest BCUT2D eigenvalue weighted by atomic mass is 10.1. The first-order chi connectivity index (χ1) is 13.8. The van der Waals surface area contributed by atoms with Gasteiger partial charge in [-0.25, -0.2) is 0 Å². The summed E-state index contributed by atoms with van der Waals surface area (Å²) in [6.45, 7) is 6.57. The van der Waals surface area contributed by atoms with E-state index in [4.69, 9.17) is 4.74 Å². The fourth-order valence-electron chi connectivity index (χ4n) is 3.49. The summed E-state index contributed by atoms with van der Waals surface area (Å²) in [4.78, 5) is 0. The van der Waals surface area contributed by atoms with Crippen molar-refractivity contribution in [1.82, 2.24) is 5.32 Å². The quantitative estimate of drug-likeness (QED) is 0.171. The Labute approximate surface area is 192 Å². The predicted molar refractivity (Wildman–Crippen MR) is 137 cm³/mol. The van der Waals surface area contributed by atoms with Gasteiger partial charge in [-0.3, -0.25) is 0 Å². The smallest absolute Gasteiger partial charge is 0.0466 e. The monoisotopic (exact) mass is 435 g/mol. The molecule has 1 N–H and O–H groups in total. The van der Waals surface area contributed by atoms with E-state index >= 15 is 0 Å². The van der Waals surface area contributed by atoms with Gasteiger partial charge in [0.25, 0.3) is 0 Å². The number of nitrogens with one attached hydrogen (secondary N) is 1. The minimum absolute atomic E-state index is 0. The summed E-state index contributed by atoms with van der Waals surface area (Å²) in [7, 11) is 3.75. The van der Waals surface area contributed by atoms with E-state index in [-0.39, 0.29) is 12.4 Å². The lowest BCUT2D eigenvalue weighted by Gasteiger charge is -2.05. The van der Waals surface area contributed by atoms with E-state index in [1.54, 1.807) is 0 Å². The number of hydrogen-bond donors (Lipinski definition) is 1. The van der Waals surface area contributed by atoms with Crippen LogP contribution in [-0.2, 0) is 4.74 Å². The van der Waals surface area contributed by atoms with Crippen molar-refractivity contribution >= 4 is 12.4 Å². The van der Waals surface area contributed by atoms with Gasteiger partial charge in [0.1, 0.15) is 0 Å². The van der Waals surface area contributed by atoms with Gasteiger partial charge in [-0.05, 0) is 26.9 Å². The summed E-state index contributed by atoms with van der Waals surface area (Å²) in [5.74, 6) is 0. The van der Waals surface area contributed by atoms with Crippen LogP contribution >= 0.6 is 12.4 Å². The molecule has 0 aromatic carbocycles. The van der Waals surface area contributed by atoms with E-state index in [0.29, 0.717) is 0 Å². The largest absolute Gasteiger partial charge is 0.381 e. The molecule has 0 bridgehead atoms. The van der Waals surface area contributed by atoms with Gasteiger partial charge in [-0.2, -0.15) is 0 Å². The summed E-state index contributed by atoms with van der Waals surface area (Å²) in [5.41, 5.74) is 0. The van der Waals surface area contributed by atoms with Crippen LogP contribution in [0, 0.1) is 0 Å². The van der Waals surface area contributed by atoms with Crippen LogP contribution in [0.1, 0.15) is 142 Å². The van der Waals surface area contributed by atoms with Crippen molar-refractivity contribution in [1.29, 1.82) is 0 Å². The molecule has 0 unspecified atom stereocenters. The Kier molecular flexibility index (Phi) is 41.6. The third-order valence-electron chi connectivity index (χ3n) is 5.28. The Balaban J connectivity index is -0.00000158. The third-order valence-corrected chi connectivity index (χ3v) is 5.28. The number of halogens is 1. The van der Waals surface area contributed by atoms with E-state index in [1.807, 2.05) is 14.1 Å². The Morgan fingerprint density at radius 3 is 0.862 bits per heavy atom. The third kappa shape index (κ3) is 39.3. The van der Waals surface area contributed by atoms with Crippen LogP contribution in [0.3, 0.4) is 0 Å². The number of hydrogen-bond acceptors (Lipinski definition) is 2. The van der Waals surface area contributed by atoms with Gasteiger partial charge in [0.15, 0.2) is 0 Å². The molecular weight excluding hydrogens is 378 g/mol. The molecule has 0 aliphatic heterocycles. The van der Waals surface area contributed by atoms with Gasteiger partial charge in [-0.1, -0.05) is 129 Å². The molecule has 0 rings (SSSR count). The molecule has 29 heavy (non-hydrogen) atoms. The number of rotatable bonds is 22. The van der Waals surface area contributed by atoms with Crippen LogP contribution in [0.25, 0.3) is 0 Å². The molecule has 0 aromatic rings. The van der Waals surface area contributed by atoms with Crippen LogP contribution < -0.4 is 5.32 Å². The Bertz CT molecular complexity index is 217. The molecule has 180 valence electrons. The normalized spacial score (nSPS) is 10.3. The zero-order valence-corrected chi connectivity index (χ0v) is 21.7. The Hall–Kier alpha value is 0.210. The van der Waals surface area contributed by atoms with E-state index < -0.39 is 0 Å². The average Bonchev–Trinajstić information content (AvgIpc) is 2.70. The zero-order chi connectivity index (χ0) is 21.0. The number of unbranched alkanes of at least 4 members (excludes halogenated alkanes) is 18. The second-order valence-corrected chi connectivity index (χ2v) is 8.48. The first-order valence-corrected chi connectivity index (χ1v) is 13.0. The van der Waals surface area contributed by atoms with E-state index in [2.05, 4.69) is 19.2 Å². The summed E-state index contributed by atoms with van der Waals surface area (Å²) in [6, 6.07) is 0. The number of ether oxygens (including phenoxy) is 1. The summed E-state index contributed by atoms with van der Waals surface area (Å²) in [5, 5.41) is 2.75. The highest BCUT2D eigenvalue weighted by Gasteiger charge is 1.95. The van der Waals surface area contributed by atoms with Gasteiger partial charge in [0, 0.05) is 13.2 Å². The molecule has 0 saturated heterocycles. The maximum Gasteiger partial charge on any atom is 0.0466 e. The van der Waals surface area contributed by atoms with Gasteiger partial charge in [-0.15, -0.1) is 12.4 Å². The van der Waals surface area contributed by atoms with E-state index in [9.17, 15) is 0 Å². The minimum Gasteiger partial charge on any atom is -0.381 e. The standard InChI is InChI=1S/C24H50O.C2H7N.ClH/c1-3-5-7-9-11-13-15-17-19-21-23-25-24-22-20-18-16-14-12-10-8-6-4-2;1-3-2;/h3-24H2,1-2H3;3H,1-2H3;1H. The van der Waals surface area contributed by atoms with Crippen molar-refractivity contribution in [3.05, 3.63) is 0 Å². The van der Waals surface area contributed by atoms with Crippen LogP contribution in [-0.4, -0.2) is 27.3 Å². The van der Waals surface area contributed by atoms with Gasteiger partial charge < -0.3 is 10.1 Å². The summed E-state index contributed by atoms with van der Waals surface area (Å²) >= 11 is 0. The molecule has 0 aliphatic carbocycles. The first kappa shape index (κ1) is 33.8. The molecule has 0 aromatic heterocycles. The lowest BCUT2D eigenvalue weighted by molar-refractivity contribution is 0.125. The maximum absolute atomic E-state index is 5.78. The highest BCUT2D eigenvalue weighted by Crippen LogP contribution is 2.12. The van der Waals surface area contributed by atoms with Crippen molar-refractivity contribution in [3.63, 3.8) is 0 Å². The lowest BCUT2D eigenvalue weighted by Crippen LogP contribution is -1.97. The Morgan fingerprint density at radius 1 is 0.414 bits per heavy atom. The molecule has 0 saturated carbocycles.